The van der Waals surface area contributed by atoms with Gasteiger partial charge >= 0.3 is 0 Å². The molecule has 24 heavy (non-hydrogen) atoms. The molecule has 2 N–H and O–H groups in total. The highest BCUT2D eigenvalue weighted by atomic mass is 16.5. The standard InChI is InChI=1S/C19H20N2O3/c1-22-17-10-13(11-18(23-2)19(17)24-3)9-15(7-8-20)14-5-4-6-16(21)12-14/h4-7,10-12H,9,21H2,1-3H3. The maximum absolute atomic E-state index is 9.10. The number of hydrogen-bond acceptors (Lipinski definition) is 5. The average Bonchev–Trinajstić information content (AvgIpc) is 2.60. The normalized spacial score (nSPS) is 10.8. The molecule has 0 bridgehead atoms. The number of hydrogen-bond donors (Lipinski definition) is 1. The second-order valence-electron chi connectivity index (χ2n) is 5.13. The SMILES string of the molecule is COc1cc(CC(=CC#N)c2cccc(N)c2)cc(OC)c1OC. The second kappa shape index (κ2) is 7.93. The largest absolute Gasteiger partial charge is 0.493 e. The first-order valence-electron chi connectivity index (χ1n) is 7.36. The molecule has 0 spiro atoms. The molecular formula is C19H20N2O3. The summed E-state index contributed by atoms with van der Waals surface area (Å²) in [5, 5.41) is 9.10. The minimum atomic E-state index is 0.535. The highest BCUT2D eigenvalue weighted by molar-refractivity contribution is 5.72. The van der Waals surface area contributed by atoms with Gasteiger partial charge in [-0.1, -0.05) is 12.1 Å². The molecular weight excluding hydrogens is 304 g/mol. The molecule has 124 valence electrons. The van der Waals surface area contributed by atoms with Gasteiger partial charge in [-0.05, 0) is 47.4 Å². The van der Waals surface area contributed by atoms with Gasteiger partial charge < -0.3 is 19.9 Å². The summed E-state index contributed by atoms with van der Waals surface area (Å²) in [6.07, 6.45) is 2.06. The number of ether oxygens (including phenoxy) is 3. The minimum Gasteiger partial charge on any atom is -0.493 e. The first kappa shape index (κ1) is 17.2. The van der Waals surface area contributed by atoms with E-state index in [1.54, 1.807) is 21.3 Å². The summed E-state index contributed by atoms with van der Waals surface area (Å²) in [6.45, 7) is 0. The third-order valence-electron chi connectivity index (χ3n) is 3.62. The van der Waals surface area contributed by atoms with Crippen LogP contribution in [0.25, 0.3) is 5.57 Å². The summed E-state index contributed by atoms with van der Waals surface area (Å²) in [6, 6.07) is 13.3. The lowest BCUT2D eigenvalue weighted by Crippen LogP contribution is -1.98. The van der Waals surface area contributed by atoms with Crippen LogP contribution in [0.15, 0.2) is 42.5 Å². The molecule has 0 radical (unpaired) electrons. The zero-order valence-electron chi connectivity index (χ0n) is 14.0. The van der Waals surface area contributed by atoms with E-state index in [9.17, 15) is 0 Å². The lowest BCUT2D eigenvalue weighted by molar-refractivity contribution is 0.324. The zero-order chi connectivity index (χ0) is 17.5. The third-order valence-corrected chi connectivity index (χ3v) is 3.62. The molecule has 0 saturated carbocycles. The first-order chi connectivity index (χ1) is 11.6. The summed E-state index contributed by atoms with van der Waals surface area (Å²) in [5.41, 5.74) is 9.21. The minimum absolute atomic E-state index is 0.535. The number of nitrogen functional groups attached to an aromatic ring is 1. The summed E-state index contributed by atoms with van der Waals surface area (Å²) >= 11 is 0. The Morgan fingerprint density at radius 3 is 2.25 bits per heavy atom. The molecule has 2 aromatic rings. The summed E-state index contributed by atoms with van der Waals surface area (Å²) in [5.74, 6) is 1.70. The van der Waals surface area contributed by atoms with Gasteiger partial charge in [0, 0.05) is 11.8 Å². The van der Waals surface area contributed by atoms with Crippen LogP contribution >= 0.6 is 0 Å². The van der Waals surface area contributed by atoms with Crippen molar-refractivity contribution in [3.05, 3.63) is 53.6 Å². The van der Waals surface area contributed by atoms with Crippen molar-refractivity contribution >= 4 is 11.3 Å². The lowest BCUT2D eigenvalue weighted by Gasteiger charge is -2.15. The monoisotopic (exact) mass is 324 g/mol. The Balaban J connectivity index is 2.44. The van der Waals surface area contributed by atoms with E-state index in [2.05, 4.69) is 6.07 Å². The van der Waals surface area contributed by atoms with Crippen molar-refractivity contribution in [2.24, 2.45) is 0 Å². The van der Waals surface area contributed by atoms with E-state index in [4.69, 9.17) is 25.2 Å². The van der Waals surface area contributed by atoms with Crippen LogP contribution in [0.1, 0.15) is 11.1 Å². The smallest absolute Gasteiger partial charge is 0.203 e. The van der Waals surface area contributed by atoms with E-state index >= 15 is 0 Å². The summed E-state index contributed by atoms with van der Waals surface area (Å²) in [7, 11) is 4.71. The molecule has 5 heteroatoms. The van der Waals surface area contributed by atoms with Gasteiger partial charge in [0.05, 0.1) is 27.4 Å². The fourth-order valence-corrected chi connectivity index (χ4v) is 2.51. The molecule has 0 saturated heterocycles. The van der Waals surface area contributed by atoms with Crippen molar-refractivity contribution in [3.63, 3.8) is 0 Å². The fourth-order valence-electron chi connectivity index (χ4n) is 2.51. The van der Waals surface area contributed by atoms with Crippen molar-refractivity contribution < 1.29 is 14.2 Å². The Morgan fingerprint density at radius 2 is 1.75 bits per heavy atom. The molecule has 0 atom stereocenters. The van der Waals surface area contributed by atoms with E-state index in [0.717, 1.165) is 16.7 Å². The van der Waals surface area contributed by atoms with Gasteiger partial charge in [-0.25, -0.2) is 0 Å². The third kappa shape index (κ3) is 3.79. The highest BCUT2D eigenvalue weighted by Crippen LogP contribution is 2.39. The second-order valence-corrected chi connectivity index (χ2v) is 5.13. The Bertz CT molecular complexity index is 766. The van der Waals surface area contributed by atoms with E-state index < -0.39 is 0 Å². The number of rotatable bonds is 6. The van der Waals surface area contributed by atoms with E-state index in [1.807, 2.05) is 36.4 Å². The van der Waals surface area contributed by atoms with Crippen molar-refractivity contribution in [3.8, 4) is 23.3 Å². The molecule has 0 amide bonds. The van der Waals surface area contributed by atoms with Gasteiger partial charge in [0.25, 0.3) is 0 Å². The van der Waals surface area contributed by atoms with Gasteiger partial charge in [0.2, 0.25) is 5.75 Å². The number of nitrogens with two attached hydrogens (primary N) is 1. The number of anilines is 1. The van der Waals surface area contributed by atoms with Crippen LogP contribution in [0.2, 0.25) is 0 Å². The maximum Gasteiger partial charge on any atom is 0.203 e. The Morgan fingerprint density at radius 1 is 1.08 bits per heavy atom. The molecule has 0 aliphatic heterocycles. The van der Waals surface area contributed by atoms with Gasteiger partial charge in [-0.15, -0.1) is 0 Å². The topological polar surface area (TPSA) is 77.5 Å². The highest BCUT2D eigenvalue weighted by Gasteiger charge is 2.14. The maximum atomic E-state index is 9.10. The quantitative estimate of drug-likeness (QED) is 0.650. The molecule has 0 aliphatic rings. The lowest BCUT2D eigenvalue weighted by atomic mass is 9.97. The number of nitrogens with zero attached hydrogens (tertiary/aromatic N) is 1. The van der Waals surface area contributed by atoms with Crippen LogP contribution in [-0.4, -0.2) is 21.3 Å². The predicted octanol–water partition coefficient (Wildman–Crippen LogP) is 3.44. The van der Waals surface area contributed by atoms with Gasteiger partial charge in [-0.3, -0.25) is 0 Å². The molecule has 2 rings (SSSR count). The molecule has 5 nitrogen and oxygen atoms in total. The van der Waals surface area contributed by atoms with E-state index in [-0.39, 0.29) is 0 Å². The van der Waals surface area contributed by atoms with Crippen molar-refractivity contribution in [2.75, 3.05) is 27.1 Å². The molecule has 2 aromatic carbocycles. The Labute approximate surface area is 141 Å². The number of allylic oxidation sites excluding steroid dienone is 2. The number of benzene rings is 2. The van der Waals surface area contributed by atoms with Crippen LogP contribution in [0.3, 0.4) is 0 Å². The van der Waals surface area contributed by atoms with Crippen LogP contribution in [-0.2, 0) is 6.42 Å². The molecule has 0 aliphatic carbocycles. The average molecular weight is 324 g/mol. The van der Waals surface area contributed by atoms with E-state index in [0.29, 0.717) is 29.4 Å². The van der Waals surface area contributed by atoms with Crippen molar-refractivity contribution in [1.82, 2.24) is 0 Å². The van der Waals surface area contributed by atoms with Crippen LogP contribution in [0, 0.1) is 11.3 Å². The first-order valence-corrected chi connectivity index (χ1v) is 7.36. The molecule has 0 heterocycles. The van der Waals surface area contributed by atoms with Gasteiger partial charge in [0.1, 0.15) is 0 Å². The number of methoxy groups -OCH3 is 3. The van der Waals surface area contributed by atoms with Gasteiger partial charge in [0.15, 0.2) is 11.5 Å². The Hall–Kier alpha value is -3.13. The van der Waals surface area contributed by atoms with Crippen LogP contribution in [0.5, 0.6) is 17.2 Å². The predicted molar refractivity (Wildman–Crippen MR) is 94.2 cm³/mol. The van der Waals surface area contributed by atoms with Crippen LogP contribution in [0.4, 0.5) is 5.69 Å². The molecule has 0 unspecified atom stereocenters. The van der Waals surface area contributed by atoms with Gasteiger partial charge in [-0.2, -0.15) is 5.26 Å². The summed E-state index contributed by atoms with van der Waals surface area (Å²) in [4.78, 5) is 0. The molecule has 0 fully saturated rings. The number of nitriles is 1. The van der Waals surface area contributed by atoms with Crippen LogP contribution < -0.4 is 19.9 Å². The van der Waals surface area contributed by atoms with Crippen molar-refractivity contribution in [1.29, 1.82) is 5.26 Å². The summed E-state index contributed by atoms with van der Waals surface area (Å²) < 4.78 is 16.1. The molecule has 0 aromatic heterocycles. The van der Waals surface area contributed by atoms with Crippen molar-refractivity contribution in [2.45, 2.75) is 6.42 Å². The van der Waals surface area contributed by atoms with E-state index in [1.165, 1.54) is 6.08 Å². The Kier molecular flexibility index (Phi) is 5.69. The zero-order valence-corrected chi connectivity index (χ0v) is 14.0. The fraction of sp³-hybridized carbons (Fsp3) is 0.211.